The van der Waals surface area contributed by atoms with E-state index in [2.05, 4.69) is 5.32 Å². The van der Waals surface area contributed by atoms with Crippen LogP contribution in [0.25, 0.3) is 0 Å². The van der Waals surface area contributed by atoms with Gasteiger partial charge in [0, 0.05) is 25.6 Å². The van der Waals surface area contributed by atoms with E-state index in [1.807, 2.05) is 0 Å². The van der Waals surface area contributed by atoms with Crippen molar-refractivity contribution in [3.8, 4) is 0 Å². The Morgan fingerprint density at radius 1 is 1.47 bits per heavy atom. The molecule has 84 valence electrons. The van der Waals surface area contributed by atoms with Crippen LogP contribution in [-0.2, 0) is 9.59 Å². The first-order valence-electron chi connectivity index (χ1n) is 5.50. The van der Waals surface area contributed by atoms with Crippen LogP contribution in [0, 0.1) is 0 Å². The monoisotopic (exact) mass is 211 g/mol. The lowest BCUT2D eigenvalue weighted by Crippen LogP contribution is -2.51. The molecule has 0 radical (unpaired) electrons. The first-order chi connectivity index (χ1) is 7.16. The maximum Gasteiger partial charge on any atom is 0.245 e. The topological polar surface area (TPSA) is 75.4 Å². The molecule has 5 nitrogen and oxygen atoms in total. The third-order valence-electron chi connectivity index (χ3n) is 3.06. The normalized spacial score (nSPS) is 31.5. The fraction of sp³-hybridized carbons (Fsp3) is 0.800. The summed E-state index contributed by atoms with van der Waals surface area (Å²) in [4.78, 5) is 24.7. The lowest BCUT2D eigenvalue weighted by atomic mass is 10.1. The molecule has 2 saturated heterocycles. The number of likely N-dealkylation sites (tertiary alicyclic amines) is 1. The van der Waals surface area contributed by atoms with Crippen LogP contribution < -0.4 is 11.1 Å². The van der Waals surface area contributed by atoms with E-state index in [0.717, 1.165) is 19.4 Å². The van der Waals surface area contributed by atoms with Crippen LogP contribution in [0.2, 0.25) is 0 Å². The Morgan fingerprint density at radius 3 is 2.87 bits per heavy atom. The van der Waals surface area contributed by atoms with Crippen molar-refractivity contribution in [1.29, 1.82) is 0 Å². The molecule has 0 unspecified atom stereocenters. The van der Waals surface area contributed by atoms with E-state index < -0.39 is 0 Å². The predicted octanol–water partition coefficient (Wildman–Crippen LogP) is -0.785. The molecule has 2 amide bonds. The molecule has 0 bridgehead atoms. The highest BCUT2D eigenvalue weighted by Crippen LogP contribution is 2.14. The SMILES string of the molecule is N[C@@H]1CCCN(C(=O)[C@@H]2CCC(=O)N2)C1. The minimum absolute atomic E-state index is 0.0188. The van der Waals surface area contributed by atoms with Gasteiger partial charge < -0.3 is 16.0 Å². The predicted molar refractivity (Wildman–Crippen MR) is 55.0 cm³/mol. The first kappa shape index (κ1) is 10.4. The molecule has 2 aliphatic heterocycles. The summed E-state index contributed by atoms with van der Waals surface area (Å²) >= 11 is 0. The molecule has 0 spiro atoms. The van der Waals surface area contributed by atoms with E-state index in [1.165, 1.54) is 0 Å². The number of nitrogens with two attached hydrogens (primary N) is 1. The summed E-state index contributed by atoms with van der Waals surface area (Å²) in [5.74, 6) is 0.0191. The molecule has 2 heterocycles. The number of hydrogen-bond acceptors (Lipinski definition) is 3. The van der Waals surface area contributed by atoms with E-state index in [-0.39, 0.29) is 23.9 Å². The molecule has 2 atom stereocenters. The largest absolute Gasteiger partial charge is 0.344 e. The Bertz CT molecular complexity index is 280. The van der Waals surface area contributed by atoms with Gasteiger partial charge in [0.25, 0.3) is 0 Å². The smallest absolute Gasteiger partial charge is 0.245 e. The minimum Gasteiger partial charge on any atom is -0.344 e. The molecule has 2 aliphatic rings. The van der Waals surface area contributed by atoms with Gasteiger partial charge in [-0.3, -0.25) is 9.59 Å². The third-order valence-corrected chi connectivity index (χ3v) is 3.06. The summed E-state index contributed by atoms with van der Waals surface area (Å²) < 4.78 is 0. The van der Waals surface area contributed by atoms with Crippen LogP contribution in [0.1, 0.15) is 25.7 Å². The summed E-state index contributed by atoms with van der Waals surface area (Å²) in [6.45, 7) is 1.41. The van der Waals surface area contributed by atoms with Gasteiger partial charge in [-0.15, -0.1) is 0 Å². The van der Waals surface area contributed by atoms with Crippen molar-refractivity contribution in [2.24, 2.45) is 5.73 Å². The van der Waals surface area contributed by atoms with Gasteiger partial charge in [0.2, 0.25) is 11.8 Å². The van der Waals surface area contributed by atoms with Gasteiger partial charge in [0.1, 0.15) is 6.04 Å². The van der Waals surface area contributed by atoms with Gasteiger partial charge in [-0.05, 0) is 19.3 Å². The van der Waals surface area contributed by atoms with Gasteiger partial charge in [0.15, 0.2) is 0 Å². The van der Waals surface area contributed by atoms with Crippen LogP contribution in [0.5, 0.6) is 0 Å². The highest BCUT2D eigenvalue weighted by molar-refractivity contribution is 5.90. The maximum atomic E-state index is 11.9. The average Bonchev–Trinajstić information content (AvgIpc) is 2.64. The van der Waals surface area contributed by atoms with Crippen LogP contribution in [0.3, 0.4) is 0 Å². The Kier molecular flexibility index (Phi) is 2.90. The molecule has 0 aromatic carbocycles. The molecule has 15 heavy (non-hydrogen) atoms. The Morgan fingerprint density at radius 2 is 2.27 bits per heavy atom. The standard InChI is InChI=1S/C10H17N3O2/c11-7-2-1-5-13(6-7)10(15)8-3-4-9(14)12-8/h7-8H,1-6,11H2,(H,12,14)/t7-,8+/m1/s1. The fourth-order valence-electron chi connectivity index (χ4n) is 2.23. The first-order valence-corrected chi connectivity index (χ1v) is 5.50. The second-order valence-electron chi connectivity index (χ2n) is 4.35. The summed E-state index contributed by atoms with van der Waals surface area (Å²) in [7, 11) is 0. The number of piperidine rings is 1. The highest BCUT2D eigenvalue weighted by Gasteiger charge is 2.32. The molecular formula is C10H17N3O2. The summed E-state index contributed by atoms with van der Waals surface area (Å²) in [6.07, 6.45) is 3.05. The number of nitrogens with zero attached hydrogens (tertiary/aromatic N) is 1. The van der Waals surface area contributed by atoms with Crippen LogP contribution >= 0.6 is 0 Å². The zero-order valence-corrected chi connectivity index (χ0v) is 8.74. The number of carbonyl (C=O) groups is 2. The van der Waals surface area contributed by atoms with Gasteiger partial charge in [-0.1, -0.05) is 0 Å². The second kappa shape index (κ2) is 4.18. The molecular weight excluding hydrogens is 194 g/mol. The number of hydrogen-bond donors (Lipinski definition) is 2. The van der Waals surface area contributed by atoms with Crippen LogP contribution in [-0.4, -0.2) is 41.9 Å². The third kappa shape index (κ3) is 2.28. The number of amides is 2. The van der Waals surface area contributed by atoms with Crippen LogP contribution in [0.15, 0.2) is 0 Å². The average molecular weight is 211 g/mol. The summed E-state index contributed by atoms with van der Waals surface area (Å²) in [5.41, 5.74) is 5.81. The second-order valence-corrected chi connectivity index (χ2v) is 4.35. The Labute approximate surface area is 89.0 Å². The molecule has 0 aromatic rings. The highest BCUT2D eigenvalue weighted by atomic mass is 16.2. The molecule has 2 rings (SSSR count). The molecule has 5 heteroatoms. The van der Waals surface area contributed by atoms with Crippen molar-refractivity contribution >= 4 is 11.8 Å². The van der Waals surface area contributed by atoms with Gasteiger partial charge in [-0.25, -0.2) is 0 Å². The molecule has 0 aliphatic carbocycles. The van der Waals surface area contributed by atoms with E-state index >= 15 is 0 Å². The van der Waals surface area contributed by atoms with Gasteiger partial charge >= 0.3 is 0 Å². The number of carbonyl (C=O) groups excluding carboxylic acids is 2. The van der Waals surface area contributed by atoms with Crippen molar-refractivity contribution in [2.75, 3.05) is 13.1 Å². The lowest BCUT2D eigenvalue weighted by molar-refractivity contribution is -0.135. The maximum absolute atomic E-state index is 11.9. The van der Waals surface area contributed by atoms with Gasteiger partial charge in [0.05, 0.1) is 0 Å². The number of rotatable bonds is 1. The van der Waals surface area contributed by atoms with Crippen molar-refractivity contribution in [2.45, 2.75) is 37.8 Å². The van der Waals surface area contributed by atoms with Crippen molar-refractivity contribution in [1.82, 2.24) is 10.2 Å². The zero-order valence-electron chi connectivity index (χ0n) is 8.74. The lowest BCUT2D eigenvalue weighted by Gasteiger charge is -2.32. The van der Waals surface area contributed by atoms with E-state index in [9.17, 15) is 9.59 Å². The van der Waals surface area contributed by atoms with E-state index in [4.69, 9.17) is 5.73 Å². The van der Waals surface area contributed by atoms with Crippen molar-refractivity contribution in [3.05, 3.63) is 0 Å². The van der Waals surface area contributed by atoms with E-state index in [1.54, 1.807) is 4.90 Å². The molecule has 2 fully saturated rings. The van der Waals surface area contributed by atoms with Gasteiger partial charge in [-0.2, -0.15) is 0 Å². The zero-order chi connectivity index (χ0) is 10.8. The number of nitrogens with one attached hydrogen (secondary N) is 1. The van der Waals surface area contributed by atoms with Crippen LogP contribution in [0.4, 0.5) is 0 Å². The van der Waals surface area contributed by atoms with Crippen molar-refractivity contribution < 1.29 is 9.59 Å². The summed E-state index contributed by atoms with van der Waals surface area (Å²) in [6, 6.07) is -0.206. The quantitative estimate of drug-likeness (QED) is 0.597. The molecule has 3 N–H and O–H groups in total. The minimum atomic E-state index is -0.303. The Hall–Kier alpha value is -1.10. The van der Waals surface area contributed by atoms with E-state index in [0.29, 0.717) is 19.4 Å². The molecule has 0 saturated carbocycles. The summed E-state index contributed by atoms with van der Waals surface area (Å²) in [5, 5.41) is 2.69. The van der Waals surface area contributed by atoms with Crippen molar-refractivity contribution in [3.63, 3.8) is 0 Å². The fourth-order valence-corrected chi connectivity index (χ4v) is 2.23. The Balaban J connectivity index is 1.92. The molecule has 0 aromatic heterocycles.